The molecule has 1 rings (SSSR count). The van der Waals surface area contributed by atoms with Crippen LogP contribution in [0.3, 0.4) is 0 Å². The lowest BCUT2D eigenvalue weighted by Gasteiger charge is -2.12. The van der Waals surface area contributed by atoms with Gasteiger partial charge in [-0.15, -0.1) is 0 Å². The summed E-state index contributed by atoms with van der Waals surface area (Å²) < 4.78 is 4.57. The van der Waals surface area contributed by atoms with Crippen LogP contribution < -0.4 is 5.32 Å². The molecule has 0 aromatic heterocycles. The Hall–Kier alpha value is -1.04. The molecular weight excluding hydrogens is 317 g/mol. The number of carbonyl (C=O) groups excluding carboxylic acids is 1. The van der Waals surface area contributed by atoms with Gasteiger partial charge in [-0.05, 0) is 5.56 Å². The Balaban J connectivity index is 2.44. The molecule has 1 atom stereocenters. The lowest BCUT2D eigenvalue weighted by Crippen LogP contribution is -2.31. The van der Waals surface area contributed by atoms with Gasteiger partial charge in [-0.2, -0.15) is 0 Å². The van der Waals surface area contributed by atoms with Crippen LogP contribution >= 0.6 is 22.6 Å². The maximum atomic E-state index is 11.7. The molecule has 0 fully saturated rings. The van der Waals surface area contributed by atoms with Crippen LogP contribution in [0.1, 0.15) is 5.56 Å². The number of hydrogen-bond acceptors (Lipinski definition) is 2. The minimum absolute atomic E-state index is 0.0868. The average Bonchev–Trinajstić information content (AvgIpc) is 2.35. The highest BCUT2D eigenvalue weighted by Crippen LogP contribution is 2.11. The summed E-state index contributed by atoms with van der Waals surface area (Å²) in [5.41, 5.74) is 1.07. The fraction of sp³-hybridized carbons (Fsp3) is 0.250. The first kappa shape index (κ1) is 13.0. The summed E-state index contributed by atoms with van der Waals surface area (Å²) in [4.78, 5) is 11.7. The van der Waals surface area contributed by atoms with Gasteiger partial charge in [0.25, 0.3) is 0 Å². The van der Waals surface area contributed by atoms with Crippen molar-refractivity contribution in [3.05, 3.63) is 48.2 Å². The monoisotopic (exact) mass is 331 g/mol. The molecular formula is C12H14INO2. The van der Waals surface area contributed by atoms with Crippen molar-refractivity contribution in [2.75, 3.05) is 7.11 Å². The Kier molecular flexibility index (Phi) is 5.31. The van der Waals surface area contributed by atoms with E-state index in [9.17, 15) is 4.79 Å². The van der Waals surface area contributed by atoms with Crippen molar-refractivity contribution in [1.82, 2.24) is 5.32 Å². The molecule has 1 amide bonds. The van der Waals surface area contributed by atoms with Gasteiger partial charge in [0.15, 0.2) is 0 Å². The molecule has 0 spiro atoms. The van der Waals surface area contributed by atoms with Gasteiger partial charge in [-0.25, -0.2) is 0 Å². The fourth-order valence-corrected chi connectivity index (χ4v) is 1.60. The molecule has 1 aromatic rings. The van der Waals surface area contributed by atoms with Crippen LogP contribution in [-0.4, -0.2) is 16.9 Å². The van der Waals surface area contributed by atoms with E-state index >= 15 is 0 Å². The maximum absolute atomic E-state index is 11.7. The normalized spacial score (nSPS) is 11.6. The molecule has 0 bridgehead atoms. The van der Waals surface area contributed by atoms with Crippen molar-refractivity contribution in [3.8, 4) is 0 Å². The lowest BCUT2D eigenvalue weighted by molar-refractivity contribution is -0.120. The van der Waals surface area contributed by atoms with Crippen LogP contribution in [0, 0.1) is 0 Å². The Labute approximate surface area is 109 Å². The summed E-state index contributed by atoms with van der Waals surface area (Å²) in [5, 5.41) is 2.83. The van der Waals surface area contributed by atoms with Gasteiger partial charge in [0.1, 0.15) is 9.68 Å². The first-order chi connectivity index (χ1) is 7.65. The van der Waals surface area contributed by atoms with Crippen LogP contribution in [-0.2, 0) is 16.1 Å². The number of ether oxygens (including phenoxy) is 1. The SMILES string of the molecule is C=C(OC)[C@@H](I)C(=O)NCc1ccccc1. The van der Waals surface area contributed by atoms with E-state index in [1.807, 2.05) is 52.9 Å². The highest BCUT2D eigenvalue weighted by atomic mass is 127. The second-order valence-corrected chi connectivity index (χ2v) is 4.48. The zero-order valence-electron chi connectivity index (χ0n) is 9.07. The molecule has 0 aliphatic heterocycles. The highest BCUT2D eigenvalue weighted by molar-refractivity contribution is 14.1. The number of carbonyl (C=O) groups is 1. The predicted octanol–water partition coefficient (Wildman–Crippen LogP) is 2.27. The topological polar surface area (TPSA) is 38.3 Å². The summed E-state index contributed by atoms with van der Waals surface area (Å²) in [5.74, 6) is 0.377. The van der Waals surface area contributed by atoms with Gasteiger partial charge < -0.3 is 10.1 Å². The molecule has 0 radical (unpaired) electrons. The summed E-state index contributed by atoms with van der Waals surface area (Å²) in [6, 6.07) is 9.76. The van der Waals surface area contributed by atoms with E-state index in [1.54, 1.807) is 0 Å². The summed E-state index contributed by atoms with van der Waals surface area (Å²) >= 11 is 2.00. The van der Waals surface area contributed by atoms with Gasteiger partial charge >= 0.3 is 0 Å². The van der Waals surface area contributed by atoms with E-state index in [-0.39, 0.29) is 9.83 Å². The van der Waals surface area contributed by atoms with Crippen molar-refractivity contribution in [2.45, 2.75) is 10.5 Å². The largest absolute Gasteiger partial charge is 0.500 e. The van der Waals surface area contributed by atoms with Crippen molar-refractivity contribution in [2.24, 2.45) is 0 Å². The van der Waals surface area contributed by atoms with E-state index in [4.69, 9.17) is 4.74 Å². The summed E-state index contributed by atoms with van der Waals surface area (Å²) in [7, 11) is 1.51. The van der Waals surface area contributed by atoms with Crippen molar-refractivity contribution in [3.63, 3.8) is 0 Å². The highest BCUT2D eigenvalue weighted by Gasteiger charge is 2.18. The quantitative estimate of drug-likeness (QED) is 0.511. The molecule has 1 aromatic carbocycles. The Bertz CT molecular complexity index is 365. The van der Waals surface area contributed by atoms with E-state index in [2.05, 4.69) is 11.9 Å². The summed E-state index contributed by atoms with van der Waals surface area (Å²) in [6.45, 7) is 4.18. The van der Waals surface area contributed by atoms with Crippen molar-refractivity contribution in [1.29, 1.82) is 0 Å². The maximum Gasteiger partial charge on any atom is 0.240 e. The van der Waals surface area contributed by atoms with E-state index in [1.165, 1.54) is 7.11 Å². The first-order valence-corrected chi connectivity index (χ1v) is 6.08. The van der Waals surface area contributed by atoms with Crippen LogP contribution in [0.4, 0.5) is 0 Å². The molecule has 1 N–H and O–H groups in total. The van der Waals surface area contributed by atoms with Crippen LogP contribution in [0.5, 0.6) is 0 Å². The Morgan fingerprint density at radius 3 is 2.69 bits per heavy atom. The van der Waals surface area contributed by atoms with Gasteiger partial charge in [0.2, 0.25) is 5.91 Å². The number of alkyl halides is 1. The third kappa shape index (κ3) is 3.84. The van der Waals surface area contributed by atoms with Crippen molar-refractivity contribution >= 4 is 28.5 Å². The molecule has 0 aliphatic carbocycles. The summed E-state index contributed by atoms with van der Waals surface area (Å²) in [6.07, 6.45) is 0. The average molecular weight is 331 g/mol. The van der Waals surface area contributed by atoms with Gasteiger partial charge in [0, 0.05) is 6.54 Å². The minimum atomic E-state index is -0.355. The number of nitrogens with one attached hydrogen (secondary N) is 1. The molecule has 0 saturated heterocycles. The van der Waals surface area contributed by atoms with E-state index in [0.29, 0.717) is 12.3 Å². The van der Waals surface area contributed by atoms with Gasteiger partial charge in [0.05, 0.1) is 7.11 Å². The van der Waals surface area contributed by atoms with E-state index < -0.39 is 0 Å². The predicted molar refractivity (Wildman–Crippen MR) is 72.2 cm³/mol. The van der Waals surface area contributed by atoms with Gasteiger partial charge in [-0.3, -0.25) is 4.79 Å². The molecule has 0 aliphatic rings. The number of rotatable bonds is 5. The molecule has 4 heteroatoms. The Morgan fingerprint density at radius 2 is 2.12 bits per heavy atom. The Morgan fingerprint density at radius 1 is 1.50 bits per heavy atom. The second-order valence-electron chi connectivity index (χ2n) is 3.24. The first-order valence-electron chi connectivity index (χ1n) is 4.83. The number of amides is 1. The molecule has 16 heavy (non-hydrogen) atoms. The fourth-order valence-electron chi connectivity index (χ4n) is 1.12. The third-order valence-electron chi connectivity index (χ3n) is 2.08. The third-order valence-corrected chi connectivity index (χ3v) is 3.34. The zero-order valence-corrected chi connectivity index (χ0v) is 11.2. The molecule has 86 valence electrons. The number of halogens is 1. The second kappa shape index (κ2) is 6.52. The smallest absolute Gasteiger partial charge is 0.240 e. The van der Waals surface area contributed by atoms with Crippen LogP contribution in [0.15, 0.2) is 42.7 Å². The van der Waals surface area contributed by atoms with Crippen LogP contribution in [0.25, 0.3) is 0 Å². The standard InChI is InChI=1S/C12H14INO2/c1-9(16-2)11(13)12(15)14-8-10-6-4-3-5-7-10/h3-7,11H,1,8H2,2H3,(H,14,15)/t11-/m1/s1. The molecule has 3 nitrogen and oxygen atoms in total. The number of benzene rings is 1. The minimum Gasteiger partial charge on any atom is -0.500 e. The van der Waals surface area contributed by atoms with Crippen LogP contribution in [0.2, 0.25) is 0 Å². The molecule has 0 heterocycles. The van der Waals surface area contributed by atoms with Crippen molar-refractivity contribution < 1.29 is 9.53 Å². The van der Waals surface area contributed by atoms with Gasteiger partial charge in [-0.1, -0.05) is 59.5 Å². The zero-order chi connectivity index (χ0) is 12.0. The molecule has 0 unspecified atom stereocenters. The van der Waals surface area contributed by atoms with E-state index in [0.717, 1.165) is 5.56 Å². The number of methoxy groups -OCH3 is 1. The molecule has 0 saturated carbocycles. The lowest BCUT2D eigenvalue weighted by atomic mass is 10.2. The number of hydrogen-bond donors (Lipinski definition) is 1.